The van der Waals surface area contributed by atoms with Gasteiger partial charge in [-0.1, -0.05) is 5.16 Å². The second-order valence-electron chi connectivity index (χ2n) is 5.27. The number of likely N-dealkylation sites (tertiary alicyclic amines) is 1. The van der Waals surface area contributed by atoms with Crippen LogP contribution in [-0.4, -0.2) is 45.1 Å². The van der Waals surface area contributed by atoms with Crippen molar-refractivity contribution in [1.29, 1.82) is 0 Å². The molecule has 1 amide bonds. The van der Waals surface area contributed by atoms with Gasteiger partial charge in [-0.05, 0) is 25.8 Å². The molecule has 7 heteroatoms. The Morgan fingerprint density at radius 3 is 3.05 bits per heavy atom. The van der Waals surface area contributed by atoms with Crippen molar-refractivity contribution in [2.75, 3.05) is 13.1 Å². The van der Waals surface area contributed by atoms with Gasteiger partial charge < -0.3 is 14.5 Å². The lowest BCUT2D eigenvalue weighted by atomic mass is 9.98. The van der Waals surface area contributed by atoms with Crippen molar-refractivity contribution in [3.8, 4) is 0 Å². The largest absolute Gasteiger partial charge is 0.481 e. The number of nitrogens with zero attached hydrogens (tertiary/aromatic N) is 3. The third kappa shape index (κ3) is 2.46. The predicted octanol–water partition coefficient (Wildman–Crippen LogP) is 1.47. The van der Waals surface area contributed by atoms with Crippen molar-refractivity contribution < 1.29 is 19.2 Å². The summed E-state index contributed by atoms with van der Waals surface area (Å²) in [6.07, 6.45) is 2.76. The highest BCUT2D eigenvalue weighted by molar-refractivity contribution is 5.97. The summed E-state index contributed by atoms with van der Waals surface area (Å²) >= 11 is 0. The summed E-state index contributed by atoms with van der Waals surface area (Å²) in [6, 6.07) is 1.70. The van der Waals surface area contributed by atoms with E-state index >= 15 is 0 Å². The number of carbonyl (C=O) groups is 2. The van der Waals surface area contributed by atoms with E-state index in [0.717, 1.165) is 0 Å². The van der Waals surface area contributed by atoms with Crippen molar-refractivity contribution in [2.24, 2.45) is 5.92 Å². The zero-order valence-corrected chi connectivity index (χ0v) is 11.6. The second kappa shape index (κ2) is 5.16. The summed E-state index contributed by atoms with van der Waals surface area (Å²) in [7, 11) is 0. The number of amides is 1. The first kappa shape index (κ1) is 13.5. The molecule has 0 aromatic carbocycles. The van der Waals surface area contributed by atoms with Crippen molar-refractivity contribution >= 4 is 23.0 Å². The lowest BCUT2D eigenvalue weighted by Crippen LogP contribution is -2.42. The maximum Gasteiger partial charge on any atom is 0.308 e. The average molecular weight is 289 g/mol. The number of aromatic nitrogens is 2. The normalized spacial score (nSPS) is 18.9. The Kier molecular flexibility index (Phi) is 3.32. The summed E-state index contributed by atoms with van der Waals surface area (Å²) < 4.78 is 5.01. The molecule has 0 unspecified atom stereocenters. The van der Waals surface area contributed by atoms with Crippen LogP contribution in [0.5, 0.6) is 0 Å². The van der Waals surface area contributed by atoms with Gasteiger partial charge in [-0.25, -0.2) is 4.98 Å². The van der Waals surface area contributed by atoms with Crippen LogP contribution in [0.1, 0.15) is 28.9 Å². The molecule has 0 bridgehead atoms. The topological polar surface area (TPSA) is 96.5 Å². The van der Waals surface area contributed by atoms with Gasteiger partial charge >= 0.3 is 5.97 Å². The number of carboxylic acids is 1. The third-order valence-electron chi connectivity index (χ3n) is 3.81. The molecular formula is C14H15N3O4. The molecule has 7 nitrogen and oxygen atoms in total. The Balaban J connectivity index is 1.85. The molecule has 3 heterocycles. The number of fused-ring (bicyclic) bond motifs is 1. The Labute approximate surface area is 120 Å². The highest BCUT2D eigenvalue weighted by atomic mass is 16.5. The van der Waals surface area contributed by atoms with Gasteiger partial charge in [0.25, 0.3) is 11.6 Å². The number of piperidine rings is 1. The lowest BCUT2D eigenvalue weighted by Gasteiger charge is -2.30. The first-order valence-electron chi connectivity index (χ1n) is 6.80. The molecular weight excluding hydrogens is 274 g/mol. The van der Waals surface area contributed by atoms with Crippen LogP contribution >= 0.6 is 0 Å². The first-order valence-corrected chi connectivity index (χ1v) is 6.80. The molecule has 2 aromatic heterocycles. The number of rotatable bonds is 2. The molecule has 21 heavy (non-hydrogen) atoms. The fourth-order valence-corrected chi connectivity index (χ4v) is 2.61. The van der Waals surface area contributed by atoms with Gasteiger partial charge in [0, 0.05) is 19.3 Å². The minimum Gasteiger partial charge on any atom is -0.481 e. The van der Waals surface area contributed by atoms with Gasteiger partial charge in [0.15, 0.2) is 0 Å². The van der Waals surface area contributed by atoms with Gasteiger partial charge in [-0.2, -0.15) is 0 Å². The predicted molar refractivity (Wildman–Crippen MR) is 72.8 cm³/mol. The summed E-state index contributed by atoms with van der Waals surface area (Å²) in [5, 5.41) is 13.6. The van der Waals surface area contributed by atoms with Crippen LogP contribution in [0.15, 0.2) is 16.8 Å². The van der Waals surface area contributed by atoms with E-state index in [0.29, 0.717) is 41.7 Å². The highest BCUT2D eigenvalue weighted by Crippen LogP contribution is 2.21. The van der Waals surface area contributed by atoms with Gasteiger partial charge in [0.1, 0.15) is 0 Å². The van der Waals surface area contributed by atoms with E-state index < -0.39 is 11.9 Å². The third-order valence-corrected chi connectivity index (χ3v) is 3.81. The number of hydrogen-bond donors (Lipinski definition) is 1. The van der Waals surface area contributed by atoms with E-state index in [4.69, 9.17) is 9.63 Å². The Hall–Kier alpha value is -2.44. The number of pyridine rings is 1. The minimum atomic E-state index is -0.851. The summed E-state index contributed by atoms with van der Waals surface area (Å²) in [5.74, 6) is -1.54. The molecule has 3 rings (SSSR count). The molecule has 0 spiro atoms. The lowest BCUT2D eigenvalue weighted by molar-refractivity contribution is -0.143. The standard InChI is InChI=1S/C14H15N3O4/c1-8-11-5-10(6-15-12(11)21-16-8)13(18)17-4-2-3-9(7-17)14(19)20/h5-6,9H,2-4,7H2,1H3,(H,19,20)/t9-/m1/s1. The average Bonchev–Trinajstić information content (AvgIpc) is 2.87. The van der Waals surface area contributed by atoms with Crippen molar-refractivity contribution in [3.63, 3.8) is 0 Å². The van der Waals surface area contributed by atoms with Crippen LogP contribution in [0.4, 0.5) is 0 Å². The quantitative estimate of drug-likeness (QED) is 0.899. The molecule has 0 aliphatic carbocycles. The number of carbonyl (C=O) groups excluding carboxylic acids is 1. The second-order valence-corrected chi connectivity index (χ2v) is 5.27. The molecule has 1 aliphatic heterocycles. The number of aliphatic carboxylic acids is 1. The van der Waals surface area contributed by atoms with Crippen molar-refractivity contribution in [1.82, 2.24) is 15.0 Å². The smallest absolute Gasteiger partial charge is 0.308 e. The fraction of sp³-hybridized carbons (Fsp3) is 0.429. The fourth-order valence-electron chi connectivity index (χ4n) is 2.61. The van der Waals surface area contributed by atoms with Crippen LogP contribution in [0, 0.1) is 12.8 Å². The first-order chi connectivity index (χ1) is 10.1. The summed E-state index contributed by atoms with van der Waals surface area (Å²) in [6.45, 7) is 2.60. The number of hydrogen-bond acceptors (Lipinski definition) is 5. The van der Waals surface area contributed by atoms with Crippen LogP contribution in [-0.2, 0) is 4.79 Å². The Bertz CT molecular complexity index is 709. The van der Waals surface area contributed by atoms with E-state index in [9.17, 15) is 9.59 Å². The Morgan fingerprint density at radius 1 is 1.48 bits per heavy atom. The molecule has 1 fully saturated rings. The zero-order valence-electron chi connectivity index (χ0n) is 11.6. The van der Waals surface area contributed by atoms with Crippen LogP contribution in [0.3, 0.4) is 0 Å². The van der Waals surface area contributed by atoms with E-state index in [2.05, 4.69) is 10.1 Å². The minimum absolute atomic E-state index is 0.198. The highest BCUT2D eigenvalue weighted by Gasteiger charge is 2.29. The van der Waals surface area contributed by atoms with E-state index in [-0.39, 0.29) is 12.5 Å². The van der Waals surface area contributed by atoms with Gasteiger partial charge in [-0.15, -0.1) is 0 Å². The molecule has 1 saturated heterocycles. The molecule has 1 aliphatic rings. The number of aryl methyl sites for hydroxylation is 1. The van der Waals surface area contributed by atoms with E-state index in [1.165, 1.54) is 6.20 Å². The van der Waals surface area contributed by atoms with Crippen LogP contribution in [0.2, 0.25) is 0 Å². The zero-order chi connectivity index (χ0) is 15.0. The summed E-state index contributed by atoms with van der Waals surface area (Å²) in [4.78, 5) is 29.2. The van der Waals surface area contributed by atoms with Gasteiger partial charge in [-0.3, -0.25) is 9.59 Å². The molecule has 1 atom stereocenters. The maximum absolute atomic E-state index is 12.5. The van der Waals surface area contributed by atoms with Gasteiger partial charge in [0.05, 0.1) is 22.6 Å². The van der Waals surface area contributed by atoms with Crippen LogP contribution in [0.25, 0.3) is 11.1 Å². The molecule has 110 valence electrons. The molecule has 0 radical (unpaired) electrons. The van der Waals surface area contributed by atoms with Crippen LogP contribution < -0.4 is 0 Å². The van der Waals surface area contributed by atoms with E-state index in [1.807, 2.05) is 0 Å². The molecule has 0 saturated carbocycles. The van der Waals surface area contributed by atoms with Crippen molar-refractivity contribution in [2.45, 2.75) is 19.8 Å². The van der Waals surface area contributed by atoms with E-state index in [1.54, 1.807) is 17.9 Å². The Morgan fingerprint density at radius 2 is 2.29 bits per heavy atom. The SMILES string of the molecule is Cc1noc2ncc(C(=O)N3CCC[C@@H](C(=O)O)C3)cc12. The van der Waals surface area contributed by atoms with Crippen molar-refractivity contribution in [3.05, 3.63) is 23.5 Å². The molecule has 2 aromatic rings. The molecule has 1 N–H and O–H groups in total. The van der Waals surface area contributed by atoms with Gasteiger partial charge in [0.2, 0.25) is 0 Å². The summed E-state index contributed by atoms with van der Waals surface area (Å²) in [5.41, 5.74) is 1.50. The number of carboxylic acid groups (broad SMARTS) is 1. The monoisotopic (exact) mass is 289 g/mol. The maximum atomic E-state index is 12.5.